The predicted octanol–water partition coefficient (Wildman–Crippen LogP) is 4.85. The molecule has 8 heteroatoms. The first kappa shape index (κ1) is 21.8. The molecule has 1 fully saturated rings. The molecule has 178 valence electrons. The summed E-state index contributed by atoms with van der Waals surface area (Å²) in [7, 11) is 0. The highest BCUT2D eigenvalue weighted by molar-refractivity contribution is 5.73. The van der Waals surface area contributed by atoms with Gasteiger partial charge in [-0.2, -0.15) is 15.0 Å². The molecule has 1 saturated heterocycles. The molecular formula is C28H26N8. The van der Waals surface area contributed by atoms with Crippen molar-refractivity contribution >= 4 is 29.0 Å². The molecule has 3 aromatic carbocycles. The summed E-state index contributed by atoms with van der Waals surface area (Å²) in [4.78, 5) is 25.6. The Balaban J connectivity index is 1.39. The van der Waals surface area contributed by atoms with Crippen LogP contribution in [0.5, 0.6) is 0 Å². The molecule has 0 amide bonds. The third-order valence-corrected chi connectivity index (χ3v) is 6.25. The van der Waals surface area contributed by atoms with E-state index >= 15 is 0 Å². The van der Waals surface area contributed by atoms with Crippen LogP contribution in [-0.2, 0) is 0 Å². The van der Waals surface area contributed by atoms with E-state index in [0.717, 1.165) is 37.6 Å². The normalized spacial score (nSPS) is 13.6. The van der Waals surface area contributed by atoms with Crippen molar-refractivity contribution in [3.63, 3.8) is 0 Å². The topological polar surface area (TPSA) is 66.2 Å². The Bertz CT molecular complexity index is 1340. The molecule has 6 rings (SSSR count). The van der Waals surface area contributed by atoms with Crippen molar-refractivity contribution < 1.29 is 0 Å². The second-order valence-electron chi connectivity index (χ2n) is 8.52. The van der Waals surface area contributed by atoms with Crippen LogP contribution in [0.25, 0.3) is 5.95 Å². The average Bonchev–Trinajstić information content (AvgIpc) is 3.50. The van der Waals surface area contributed by atoms with Crippen molar-refractivity contribution in [1.82, 2.24) is 24.5 Å². The molecule has 3 heterocycles. The minimum absolute atomic E-state index is 0.537. The maximum Gasteiger partial charge on any atom is 0.241 e. The number of para-hydroxylation sites is 3. The van der Waals surface area contributed by atoms with Gasteiger partial charge >= 0.3 is 0 Å². The van der Waals surface area contributed by atoms with Gasteiger partial charge in [0.2, 0.25) is 17.8 Å². The second kappa shape index (κ2) is 9.87. The smallest absolute Gasteiger partial charge is 0.241 e. The first-order valence-corrected chi connectivity index (χ1v) is 12.0. The molecule has 0 aliphatic carbocycles. The van der Waals surface area contributed by atoms with E-state index in [1.165, 1.54) is 5.69 Å². The Labute approximate surface area is 210 Å². The van der Waals surface area contributed by atoms with Gasteiger partial charge in [0.25, 0.3) is 0 Å². The fourth-order valence-electron chi connectivity index (χ4n) is 4.42. The molecule has 2 aromatic heterocycles. The molecule has 0 radical (unpaired) electrons. The highest BCUT2D eigenvalue weighted by Crippen LogP contribution is 2.33. The van der Waals surface area contributed by atoms with Crippen LogP contribution in [0, 0.1) is 0 Å². The van der Waals surface area contributed by atoms with Crippen molar-refractivity contribution in [3.8, 4) is 5.95 Å². The van der Waals surface area contributed by atoms with E-state index in [0.29, 0.717) is 17.8 Å². The number of benzene rings is 3. The van der Waals surface area contributed by atoms with E-state index in [9.17, 15) is 0 Å². The van der Waals surface area contributed by atoms with E-state index in [2.05, 4.69) is 74.3 Å². The molecule has 1 aliphatic heterocycles. The number of anilines is 5. The molecule has 36 heavy (non-hydrogen) atoms. The number of imidazole rings is 1. The van der Waals surface area contributed by atoms with E-state index in [-0.39, 0.29) is 0 Å². The van der Waals surface area contributed by atoms with Gasteiger partial charge in [-0.25, -0.2) is 4.98 Å². The lowest BCUT2D eigenvalue weighted by molar-refractivity contribution is 0.637. The number of hydrogen-bond donors (Lipinski definition) is 0. The molecule has 0 bridgehead atoms. The summed E-state index contributed by atoms with van der Waals surface area (Å²) in [6, 6.07) is 30.9. The van der Waals surface area contributed by atoms with Crippen LogP contribution in [-0.4, -0.2) is 50.7 Å². The van der Waals surface area contributed by atoms with Crippen LogP contribution >= 0.6 is 0 Å². The Kier molecular flexibility index (Phi) is 5.98. The van der Waals surface area contributed by atoms with E-state index in [4.69, 9.17) is 15.0 Å². The first-order chi connectivity index (χ1) is 17.8. The summed E-state index contributed by atoms with van der Waals surface area (Å²) < 4.78 is 1.82. The van der Waals surface area contributed by atoms with Crippen molar-refractivity contribution in [2.45, 2.75) is 0 Å². The van der Waals surface area contributed by atoms with Gasteiger partial charge in [0, 0.05) is 55.6 Å². The Morgan fingerprint density at radius 1 is 0.583 bits per heavy atom. The van der Waals surface area contributed by atoms with E-state index in [1.807, 2.05) is 47.2 Å². The molecule has 5 aromatic rings. The lowest BCUT2D eigenvalue weighted by Crippen LogP contribution is -2.47. The van der Waals surface area contributed by atoms with Gasteiger partial charge in [0.05, 0.1) is 0 Å². The molecule has 1 aliphatic rings. The van der Waals surface area contributed by atoms with Crippen LogP contribution < -0.4 is 14.7 Å². The van der Waals surface area contributed by atoms with Gasteiger partial charge in [-0.3, -0.25) is 9.47 Å². The van der Waals surface area contributed by atoms with E-state index in [1.54, 1.807) is 12.5 Å². The number of hydrogen-bond acceptors (Lipinski definition) is 7. The Morgan fingerprint density at radius 3 is 1.72 bits per heavy atom. The first-order valence-electron chi connectivity index (χ1n) is 12.0. The lowest BCUT2D eigenvalue weighted by atomic mass is 10.2. The quantitative estimate of drug-likeness (QED) is 0.348. The minimum atomic E-state index is 0.537. The summed E-state index contributed by atoms with van der Waals surface area (Å²) in [6.07, 6.45) is 5.30. The lowest BCUT2D eigenvalue weighted by Gasteiger charge is -2.36. The van der Waals surface area contributed by atoms with Crippen LogP contribution in [0.2, 0.25) is 0 Å². The standard InChI is InChI=1S/C28H26N8/c1-4-10-23(11-5-1)33-18-20-34(21-19-33)26-30-27(35-17-16-29-22-35)32-28(31-26)36(24-12-6-2-7-13-24)25-14-8-3-9-15-25/h1-17,22H,18-21H2. The third kappa shape index (κ3) is 4.48. The molecule has 0 N–H and O–H groups in total. The monoisotopic (exact) mass is 474 g/mol. The van der Waals surface area contributed by atoms with Gasteiger partial charge in [0.1, 0.15) is 6.33 Å². The highest BCUT2D eigenvalue weighted by atomic mass is 15.4. The van der Waals surface area contributed by atoms with Gasteiger partial charge in [0.15, 0.2) is 0 Å². The van der Waals surface area contributed by atoms with Gasteiger partial charge in [-0.15, -0.1) is 0 Å². The zero-order valence-electron chi connectivity index (χ0n) is 19.8. The highest BCUT2D eigenvalue weighted by Gasteiger charge is 2.24. The van der Waals surface area contributed by atoms with Gasteiger partial charge in [-0.05, 0) is 36.4 Å². The average molecular weight is 475 g/mol. The zero-order chi connectivity index (χ0) is 24.2. The largest absolute Gasteiger partial charge is 0.368 e. The fraction of sp³-hybridized carbons (Fsp3) is 0.143. The molecular weight excluding hydrogens is 448 g/mol. The summed E-state index contributed by atoms with van der Waals surface area (Å²) >= 11 is 0. The Hall–Kier alpha value is -4.72. The minimum Gasteiger partial charge on any atom is -0.368 e. The zero-order valence-corrected chi connectivity index (χ0v) is 19.8. The van der Waals surface area contributed by atoms with Crippen LogP contribution in [0.4, 0.5) is 29.0 Å². The van der Waals surface area contributed by atoms with Gasteiger partial charge in [-0.1, -0.05) is 54.6 Å². The number of rotatable bonds is 6. The summed E-state index contributed by atoms with van der Waals surface area (Å²) in [6.45, 7) is 3.43. The van der Waals surface area contributed by atoms with Crippen molar-refractivity contribution in [3.05, 3.63) is 110 Å². The van der Waals surface area contributed by atoms with Gasteiger partial charge < -0.3 is 9.80 Å². The van der Waals surface area contributed by atoms with Crippen LogP contribution in [0.15, 0.2) is 110 Å². The van der Waals surface area contributed by atoms with Crippen LogP contribution in [0.3, 0.4) is 0 Å². The molecule has 0 unspecified atom stereocenters. The van der Waals surface area contributed by atoms with Crippen molar-refractivity contribution in [2.75, 3.05) is 40.9 Å². The Morgan fingerprint density at radius 2 is 1.14 bits per heavy atom. The summed E-state index contributed by atoms with van der Waals surface area (Å²) in [5, 5.41) is 0. The van der Waals surface area contributed by atoms with Crippen LogP contribution in [0.1, 0.15) is 0 Å². The molecule has 8 nitrogen and oxygen atoms in total. The fourth-order valence-corrected chi connectivity index (χ4v) is 4.42. The third-order valence-electron chi connectivity index (χ3n) is 6.25. The van der Waals surface area contributed by atoms with E-state index < -0.39 is 0 Å². The SMILES string of the molecule is c1ccc(N2CCN(c3nc(N(c4ccccc4)c4ccccc4)nc(-n4ccnc4)n3)CC2)cc1. The number of piperazine rings is 1. The summed E-state index contributed by atoms with van der Waals surface area (Å²) in [5.41, 5.74) is 3.20. The van der Waals surface area contributed by atoms with Crippen molar-refractivity contribution in [1.29, 1.82) is 0 Å². The predicted molar refractivity (Wildman–Crippen MR) is 142 cm³/mol. The second-order valence-corrected chi connectivity index (χ2v) is 8.52. The number of aromatic nitrogens is 5. The summed E-state index contributed by atoms with van der Waals surface area (Å²) in [5.74, 6) is 1.76. The maximum absolute atomic E-state index is 5.00. The molecule has 0 atom stereocenters. The van der Waals surface area contributed by atoms with Crippen molar-refractivity contribution in [2.24, 2.45) is 0 Å². The molecule has 0 saturated carbocycles. The number of nitrogens with zero attached hydrogens (tertiary/aromatic N) is 8. The maximum atomic E-state index is 5.00. The molecule has 0 spiro atoms.